The van der Waals surface area contributed by atoms with Crippen molar-refractivity contribution < 1.29 is 17.3 Å². The van der Waals surface area contributed by atoms with Gasteiger partial charge >= 0.3 is 15.8 Å². The first kappa shape index (κ1) is 18.4. The quantitative estimate of drug-likeness (QED) is 0.600. The van der Waals surface area contributed by atoms with Gasteiger partial charge in [-0.1, -0.05) is 6.07 Å². The minimum absolute atomic E-state index is 0.0146. The molecule has 3 rings (SSSR count). The molecule has 0 aliphatic carbocycles. The van der Waals surface area contributed by atoms with E-state index in [0.29, 0.717) is 16.2 Å². The second-order valence-electron chi connectivity index (χ2n) is 5.53. The number of hydrogen-bond donors (Lipinski definition) is 0. The van der Waals surface area contributed by atoms with Crippen LogP contribution in [0.2, 0.25) is 0 Å². The van der Waals surface area contributed by atoms with Crippen molar-refractivity contribution in [2.45, 2.75) is 4.90 Å². The van der Waals surface area contributed by atoms with Gasteiger partial charge in [0.15, 0.2) is 4.90 Å². The highest BCUT2D eigenvalue weighted by Crippen LogP contribution is 2.23. The lowest BCUT2D eigenvalue weighted by Crippen LogP contribution is -2.39. The summed E-state index contributed by atoms with van der Waals surface area (Å²) in [5.74, 6) is 0.795. The molecule has 2 aromatic heterocycles. The fourth-order valence-electron chi connectivity index (χ4n) is 2.21. The van der Waals surface area contributed by atoms with E-state index in [-0.39, 0.29) is 5.75 Å². The maximum atomic E-state index is 12.4. The van der Waals surface area contributed by atoms with Crippen molar-refractivity contribution in [3.05, 3.63) is 75.7 Å². The van der Waals surface area contributed by atoms with Gasteiger partial charge in [-0.2, -0.15) is 8.42 Å². The molecule has 0 atom stereocenters. The van der Waals surface area contributed by atoms with E-state index >= 15 is 0 Å². The summed E-state index contributed by atoms with van der Waals surface area (Å²) in [4.78, 5) is 27.2. The zero-order valence-electron chi connectivity index (χ0n) is 14.4. The Morgan fingerprint density at radius 3 is 2.26 bits per heavy atom. The Morgan fingerprint density at radius 2 is 1.63 bits per heavy atom. The molecule has 2 heterocycles. The van der Waals surface area contributed by atoms with Crippen LogP contribution in [0.25, 0.3) is 0 Å². The van der Waals surface area contributed by atoms with E-state index < -0.39 is 26.3 Å². The Kier molecular flexibility index (Phi) is 4.82. The summed E-state index contributed by atoms with van der Waals surface area (Å²) in [6.45, 7) is 0. The third-order valence-corrected chi connectivity index (χ3v) is 4.80. The van der Waals surface area contributed by atoms with Crippen molar-refractivity contribution in [2.24, 2.45) is 14.1 Å². The van der Waals surface area contributed by atoms with Crippen molar-refractivity contribution in [1.29, 1.82) is 0 Å². The Bertz CT molecular complexity index is 1180. The van der Waals surface area contributed by atoms with Crippen LogP contribution in [0.4, 0.5) is 0 Å². The van der Waals surface area contributed by atoms with Crippen LogP contribution in [0.5, 0.6) is 17.4 Å². The van der Waals surface area contributed by atoms with Crippen LogP contribution in [0, 0.1) is 0 Å². The molecule has 27 heavy (non-hydrogen) atoms. The lowest BCUT2D eigenvalue weighted by atomic mass is 10.3. The van der Waals surface area contributed by atoms with E-state index in [1.54, 1.807) is 24.4 Å². The van der Waals surface area contributed by atoms with Crippen LogP contribution >= 0.6 is 0 Å². The molecule has 0 amide bonds. The molecule has 0 aliphatic rings. The largest absolute Gasteiger partial charge is 0.439 e. The summed E-state index contributed by atoms with van der Waals surface area (Å²) in [7, 11) is -1.90. The number of aromatic nitrogens is 3. The van der Waals surface area contributed by atoms with Gasteiger partial charge in [0.05, 0.1) is 0 Å². The third-order valence-electron chi connectivity index (χ3n) is 3.57. The number of ether oxygens (including phenoxy) is 1. The predicted molar refractivity (Wildman–Crippen MR) is 95.5 cm³/mol. The highest BCUT2D eigenvalue weighted by molar-refractivity contribution is 7.87. The number of nitrogens with zero attached hydrogens (tertiary/aromatic N) is 3. The van der Waals surface area contributed by atoms with E-state index in [9.17, 15) is 18.0 Å². The topological polar surface area (TPSA) is 109 Å². The predicted octanol–water partition coefficient (Wildman–Crippen LogP) is 1.04. The average Bonchev–Trinajstić information content (AvgIpc) is 2.65. The lowest BCUT2D eigenvalue weighted by molar-refractivity contribution is 0.459. The monoisotopic (exact) mass is 389 g/mol. The van der Waals surface area contributed by atoms with Crippen LogP contribution in [0.1, 0.15) is 0 Å². The van der Waals surface area contributed by atoms with E-state index in [0.717, 1.165) is 10.8 Å². The molecule has 140 valence electrons. The summed E-state index contributed by atoms with van der Waals surface area (Å²) in [6, 6.07) is 10.9. The molecule has 3 aromatic rings. The van der Waals surface area contributed by atoms with E-state index in [1.807, 2.05) is 0 Å². The number of benzene rings is 1. The summed E-state index contributed by atoms with van der Waals surface area (Å²) in [5.41, 5.74) is -1.61. The normalized spacial score (nSPS) is 11.2. The summed E-state index contributed by atoms with van der Waals surface area (Å²) >= 11 is 0. The van der Waals surface area contributed by atoms with Crippen LogP contribution < -0.4 is 20.2 Å². The summed E-state index contributed by atoms with van der Waals surface area (Å²) < 4.78 is 37.0. The molecule has 10 heteroatoms. The van der Waals surface area contributed by atoms with Crippen LogP contribution in [-0.2, 0) is 24.2 Å². The van der Waals surface area contributed by atoms with Crippen molar-refractivity contribution in [3.63, 3.8) is 0 Å². The molecule has 0 unspecified atom stereocenters. The minimum atomic E-state index is -4.42. The Hall–Kier alpha value is -3.40. The highest BCUT2D eigenvalue weighted by atomic mass is 32.2. The highest BCUT2D eigenvalue weighted by Gasteiger charge is 2.23. The summed E-state index contributed by atoms with van der Waals surface area (Å²) in [6.07, 6.45) is 2.51. The molecule has 0 spiro atoms. The van der Waals surface area contributed by atoms with E-state index in [4.69, 9.17) is 8.92 Å². The molecule has 1 aromatic carbocycles. The van der Waals surface area contributed by atoms with Crippen molar-refractivity contribution >= 4 is 10.1 Å². The lowest BCUT2D eigenvalue weighted by Gasteiger charge is -2.10. The number of rotatable bonds is 5. The molecule has 0 N–H and O–H groups in total. The van der Waals surface area contributed by atoms with Gasteiger partial charge in [-0.25, -0.2) is 9.78 Å². The van der Waals surface area contributed by atoms with E-state index in [2.05, 4.69) is 4.98 Å². The van der Waals surface area contributed by atoms with Crippen LogP contribution in [-0.4, -0.2) is 22.5 Å². The van der Waals surface area contributed by atoms with Crippen molar-refractivity contribution in [3.8, 4) is 17.4 Å². The van der Waals surface area contributed by atoms with Gasteiger partial charge in [0.1, 0.15) is 11.5 Å². The zero-order chi connectivity index (χ0) is 19.6. The Morgan fingerprint density at radius 1 is 0.963 bits per heavy atom. The second kappa shape index (κ2) is 7.08. The van der Waals surface area contributed by atoms with Gasteiger partial charge in [0, 0.05) is 32.6 Å². The van der Waals surface area contributed by atoms with Crippen LogP contribution in [0.15, 0.2) is 69.3 Å². The summed E-state index contributed by atoms with van der Waals surface area (Å²) in [5, 5.41) is 0. The molecule has 0 aliphatic heterocycles. The smallest absolute Gasteiger partial charge is 0.346 e. The molecular weight excluding hydrogens is 374 g/mol. The third kappa shape index (κ3) is 3.90. The first-order chi connectivity index (χ1) is 12.8. The zero-order valence-corrected chi connectivity index (χ0v) is 15.2. The maximum Gasteiger partial charge on any atom is 0.346 e. The standard InChI is InChI=1S/C17H15N3O6S/c1-19-11-14(16(21)20(2)17(19)22)27(23,24)26-13-8-6-12(7-9-13)25-15-5-3-4-10-18-15/h3-11H,1-2H3. The Balaban J connectivity index is 1.85. The SMILES string of the molecule is Cn1cc(S(=O)(=O)Oc2ccc(Oc3ccccn3)cc2)c(=O)n(C)c1=O. The first-order valence-corrected chi connectivity index (χ1v) is 9.09. The number of hydrogen-bond acceptors (Lipinski definition) is 7. The van der Waals surface area contributed by atoms with Gasteiger partial charge in [-0.3, -0.25) is 9.36 Å². The van der Waals surface area contributed by atoms with Crippen molar-refractivity contribution in [2.75, 3.05) is 0 Å². The molecule has 0 bridgehead atoms. The van der Waals surface area contributed by atoms with E-state index in [1.165, 1.54) is 38.4 Å². The number of aryl methyl sites for hydroxylation is 1. The van der Waals surface area contributed by atoms with Gasteiger partial charge in [-0.05, 0) is 30.3 Å². The molecular formula is C17H15N3O6S. The van der Waals surface area contributed by atoms with Crippen molar-refractivity contribution in [1.82, 2.24) is 14.1 Å². The fourth-order valence-corrected chi connectivity index (χ4v) is 3.30. The van der Waals surface area contributed by atoms with Gasteiger partial charge < -0.3 is 13.5 Å². The molecule has 0 fully saturated rings. The molecule has 0 radical (unpaired) electrons. The van der Waals surface area contributed by atoms with Gasteiger partial charge in [0.2, 0.25) is 5.88 Å². The molecule has 0 saturated heterocycles. The fraction of sp³-hybridized carbons (Fsp3) is 0.118. The number of pyridine rings is 1. The van der Waals surface area contributed by atoms with Gasteiger partial charge in [0.25, 0.3) is 5.56 Å². The molecule has 0 saturated carbocycles. The maximum absolute atomic E-state index is 12.4. The average molecular weight is 389 g/mol. The second-order valence-corrected chi connectivity index (χ2v) is 7.04. The minimum Gasteiger partial charge on any atom is -0.439 e. The van der Waals surface area contributed by atoms with Crippen LogP contribution in [0.3, 0.4) is 0 Å². The Labute approximate surface area is 154 Å². The first-order valence-electron chi connectivity index (χ1n) is 7.68. The van der Waals surface area contributed by atoms with Gasteiger partial charge in [-0.15, -0.1) is 0 Å². The molecule has 9 nitrogen and oxygen atoms in total.